The average Bonchev–Trinajstić information content (AvgIpc) is 2.24. The molecule has 0 atom stereocenters. The van der Waals surface area contributed by atoms with E-state index in [-0.39, 0.29) is 0 Å². The second kappa shape index (κ2) is 4.04. The van der Waals surface area contributed by atoms with Gasteiger partial charge in [0.25, 0.3) is 0 Å². The topological polar surface area (TPSA) is 51.8 Å². The van der Waals surface area contributed by atoms with Crippen LogP contribution in [0.5, 0.6) is 0 Å². The molecule has 0 fully saturated rings. The van der Waals surface area contributed by atoms with Gasteiger partial charge in [0.15, 0.2) is 0 Å². The van der Waals surface area contributed by atoms with Crippen LogP contribution < -0.4 is 5.73 Å². The summed E-state index contributed by atoms with van der Waals surface area (Å²) in [6, 6.07) is 3.35. The quantitative estimate of drug-likeness (QED) is 0.779. The number of aromatic nitrogens is 2. The standard InChI is InChI=1S/C10H7Cl2N3/c11-9-2-7(13)1-8(10(9)12)6-3-14-5-15-4-6/h1-5H,13H2. The maximum absolute atomic E-state index is 6.06. The number of nitrogen functional groups attached to an aromatic ring is 1. The third-order valence-electron chi connectivity index (χ3n) is 1.92. The molecule has 0 aliphatic rings. The van der Waals surface area contributed by atoms with Crippen molar-refractivity contribution in [2.75, 3.05) is 5.73 Å². The van der Waals surface area contributed by atoms with E-state index in [4.69, 9.17) is 28.9 Å². The molecule has 0 aliphatic carbocycles. The molecule has 1 heterocycles. The van der Waals surface area contributed by atoms with Crippen LogP contribution in [-0.4, -0.2) is 9.97 Å². The molecule has 2 aromatic rings. The van der Waals surface area contributed by atoms with Crippen molar-refractivity contribution in [2.24, 2.45) is 0 Å². The number of rotatable bonds is 1. The van der Waals surface area contributed by atoms with Crippen molar-refractivity contribution in [3.8, 4) is 11.1 Å². The Morgan fingerprint density at radius 3 is 2.40 bits per heavy atom. The van der Waals surface area contributed by atoms with E-state index in [0.717, 1.165) is 11.1 Å². The van der Waals surface area contributed by atoms with Gasteiger partial charge >= 0.3 is 0 Å². The van der Waals surface area contributed by atoms with E-state index in [1.165, 1.54) is 6.33 Å². The molecular weight excluding hydrogens is 233 g/mol. The second-order valence-electron chi connectivity index (χ2n) is 2.99. The van der Waals surface area contributed by atoms with Crippen molar-refractivity contribution in [3.05, 3.63) is 40.9 Å². The summed E-state index contributed by atoms with van der Waals surface area (Å²) in [7, 11) is 0. The van der Waals surface area contributed by atoms with Gasteiger partial charge in [-0.2, -0.15) is 0 Å². The van der Waals surface area contributed by atoms with E-state index in [1.54, 1.807) is 24.5 Å². The van der Waals surface area contributed by atoms with E-state index >= 15 is 0 Å². The average molecular weight is 240 g/mol. The molecule has 0 radical (unpaired) electrons. The van der Waals surface area contributed by atoms with Crippen molar-refractivity contribution in [1.82, 2.24) is 9.97 Å². The summed E-state index contributed by atoms with van der Waals surface area (Å²) < 4.78 is 0. The first-order valence-corrected chi connectivity index (χ1v) is 4.94. The van der Waals surface area contributed by atoms with E-state index in [0.29, 0.717) is 15.7 Å². The van der Waals surface area contributed by atoms with Crippen LogP contribution in [-0.2, 0) is 0 Å². The molecule has 3 nitrogen and oxygen atoms in total. The molecule has 2 rings (SSSR count). The lowest BCUT2D eigenvalue weighted by Gasteiger charge is -2.06. The molecule has 0 spiro atoms. The van der Waals surface area contributed by atoms with Crippen molar-refractivity contribution >= 4 is 28.9 Å². The summed E-state index contributed by atoms with van der Waals surface area (Å²) in [6.45, 7) is 0. The van der Waals surface area contributed by atoms with Crippen LogP contribution in [0.15, 0.2) is 30.9 Å². The van der Waals surface area contributed by atoms with Gasteiger partial charge in [-0.15, -0.1) is 0 Å². The predicted molar refractivity (Wildman–Crippen MR) is 61.9 cm³/mol. The molecule has 0 bridgehead atoms. The van der Waals surface area contributed by atoms with Gasteiger partial charge in [0.05, 0.1) is 10.0 Å². The van der Waals surface area contributed by atoms with Crippen LogP contribution in [0, 0.1) is 0 Å². The number of benzene rings is 1. The minimum atomic E-state index is 0.426. The van der Waals surface area contributed by atoms with Gasteiger partial charge in [-0.05, 0) is 12.1 Å². The first-order valence-electron chi connectivity index (χ1n) is 4.18. The predicted octanol–water partition coefficient (Wildman–Crippen LogP) is 3.03. The van der Waals surface area contributed by atoms with Gasteiger partial charge in [-0.3, -0.25) is 0 Å². The molecule has 0 unspecified atom stereocenters. The Labute approximate surface area is 96.9 Å². The zero-order valence-corrected chi connectivity index (χ0v) is 9.13. The molecule has 1 aromatic carbocycles. The van der Waals surface area contributed by atoms with Crippen LogP contribution >= 0.6 is 23.2 Å². The molecule has 76 valence electrons. The van der Waals surface area contributed by atoms with Crippen molar-refractivity contribution < 1.29 is 0 Å². The summed E-state index contributed by atoms with van der Waals surface area (Å²) >= 11 is 12.0. The van der Waals surface area contributed by atoms with Crippen LogP contribution in [0.3, 0.4) is 0 Å². The van der Waals surface area contributed by atoms with Crippen LogP contribution in [0.2, 0.25) is 10.0 Å². The fourth-order valence-electron chi connectivity index (χ4n) is 1.26. The summed E-state index contributed by atoms with van der Waals surface area (Å²) in [4.78, 5) is 7.82. The van der Waals surface area contributed by atoms with Crippen LogP contribution in [0.4, 0.5) is 5.69 Å². The first kappa shape index (κ1) is 10.2. The number of hydrogen-bond donors (Lipinski definition) is 1. The highest BCUT2D eigenvalue weighted by Gasteiger charge is 2.08. The van der Waals surface area contributed by atoms with Gasteiger partial charge in [-0.25, -0.2) is 9.97 Å². The van der Waals surface area contributed by atoms with Crippen molar-refractivity contribution in [3.63, 3.8) is 0 Å². The first-order chi connectivity index (χ1) is 7.18. The molecule has 0 aliphatic heterocycles. The minimum Gasteiger partial charge on any atom is -0.399 e. The molecule has 0 saturated carbocycles. The largest absolute Gasteiger partial charge is 0.399 e. The molecule has 15 heavy (non-hydrogen) atoms. The second-order valence-corrected chi connectivity index (χ2v) is 3.78. The summed E-state index contributed by atoms with van der Waals surface area (Å²) in [6.07, 6.45) is 4.76. The van der Waals surface area contributed by atoms with E-state index in [9.17, 15) is 0 Å². The van der Waals surface area contributed by atoms with Crippen LogP contribution in [0.25, 0.3) is 11.1 Å². The summed E-state index contributed by atoms with van der Waals surface area (Å²) in [5.41, 5.74) is 7.77. The Kier molecular flexibility index (Phi) is 2.75. The summed E-state index contributed by atoms with van der Waals surface area (Å²) in [5.74, 6) is 0. The smallest absolute Gasteiger partial charge is 0.115 e. The van der Waals surface area contributed by atoms with Crippen molar-refractivity contribution in [1.29, 1.82) is 0 Å². The maximum atomic E-state index is 6.06. The molecule has 2 N–H and O–H groups in total. The van der Waals surface area contributed by atoms with Gasteiger partial charge in [-0.1, -0.05) is 23.2 Å². The number of nitrogens with zero attached hydrogens (tertiary/aromatic N) is 2. The highest BCUT2D eigenvalue weighted by atomic mass is 35.5. The van der Waals surface area contributed by atoms with Gasteiger partial charge in [0.2, 0.25) is 0 Å². The monoisotopic (exact) mass is 239 g/mol. The fourth-order valence-corrected chi connectivity index (χ4v) is 1.70. The molecule has 5 heteroatoms. The Hall–Kier alpha value is -1.32. The Morgan fingerprint density at radius 1 is 1.07 bits per heavy atom. The molecular formula is C10H7Cl2N3. The SMILES string of the molecule is Nc1cc(Cl)c(Cl)c(-c2cncnc2)c1. The minimum absolute atomic E-state index is 0.426. The fraction of sp³-hybridized carbons (Fsp3) is 0. The molecule has 0 saturated heterocycles. The normalized spacial score (nSPS) is 10.3. The highest BCUT2D eigenvalue weighted by molar-refractivity contribution is 6.44. The van der Waals surface area contributed by atoms with E-state index in [1.807, 2.05) is 0 Å². The lowest BCUT2D eigenvalue weighted by molar-refractivity contribution is 1.17. The Bertz CT molecular complexity index is 486. The Morgan fingerprint density at radius 2 is 1.73 bits per heavy atom. The maximum Gasteiger partial charge on any atom is 0.115 e. The van der Waals surface area contributed by atoms with Crippen molar-refractivity contribution in [2.45, 2.75) is 0 Å². The zero-order valence-electron chi connectivity index (χ0n) is 7.61. The zero-order chi connectivity index (χ0) is 10.8. The highest BCUT2D eigenvalue weighted by Crippen LogP contribution is 2.34. The van der Waals surface area contributed by atoms with Crippen LogP contribution in [0.1, 0.15) is 0 Å². The molecule has 0 amide bonds. The third-order valence-corrected chi connectivity index (χ3v) is 2.72. The number of halogens is 2. The summed E-state index contributed by atoms with van der Waals surface area (Å²) in [5, 5.41) is 0.885. The van der Waals surface area contributed by atoms with E-state index in [2.05, 4.69) is 9.97 Å². The lowest BCUT2D eigenvalue weighted by atomic mass is 10.1. The lowest BCUT2D eigenvalue weighted by Crippen LogP contribution is -1.89. The van der Waals surface area contributed by atoms with E-state index < -0.39 is 0 Å². The van der Waals surface area contributed by atoms with Gasteiger partial charge in [0, 0.05) is 29.2 Å². The number of hydrogen-bond acceptors (Lipinski definition) is 3. The van der Waals surface area contributed by atoms with Gasteiger partial charge < -0.3 is 5.73 Å². The third kappa shape index (κ3) is 2.03. The molecule has 1 aromatic heterocycles. The Balaban J connectivity index is 2.63. The number of anilines is 1. The van der Waals surface area contributed by atoms with Gasteiger partial charge in [0.1, 0.15) is 6.33 Å². The number of nitrogens with two attached hydrogens (primary N) is 1.